The fourth-order valence-electron chi connectivity index (χ4n) is 0.738. The fraction of sp³-hybridized carbons (Fsp3) is 0. The Morgan fingerprint density at radius 2 is 1.83 bits per heavy atom. The molecule has 1 aromatic carbocycles. The van der Waals surface area contributed by atoms with Gasteiger partial charge in [0.1, 0.15) is 0 Å². The normalized spacial score (nSPS) is 9.58. The third-order valence-electron chi connectivity index (χ3n) is 1.25. The molecule has 0 fully saturated rings. The number of carbonyl (C=O) groups excluding carboxylic acids is 1. The molecule has 0 heterocycles. The molecule has 0 atom stereocenters. The van der Waals surface area contributed by atoms with E-state index in [1.807, 2.05) is 0 Å². The van der Waals surface area contributed by atoms with Crippen molar-refractivity contribution in [2.24, 2.45) is 0 Å². The Balaban J connectivity index is 3.21. The summed E-state index contributed by atoms with van der Waals surface area (Å²) in [5, 5.41) is 8.35. The van der Waals surface area contributed by atoms with Crippen molar-refractivity contribution >= 4 is 29.2 Å². The van der Waals surface area contributed by atoms with Gasteiger partial charge in [-0.05, 0) is 12.1 Å². The van der Waals surface area contributed by atoms with Crippen molar-refractivity contribution in [1.82, 2.24) is 0 Å². The number of rotatable bonds is 1. The minimum absolute atomic E-state index is 0.0386. The van der Waals surface area contributed by atoms with Crippen LogP contribution in [0.5, 0.6) is 0 Å². The highest BCUT2D eigenvalue weighted by molar-refractivity contribution is 6.39. The van der Waals surface area contributed by atoms with Crippen molar-refractivity contribution in [1.29, 1.82) is 0 Å². The van der Waals surface area contributed by atoms with Crippen molar-refractivity contribution in [2.75, 3.05) is 0 Å². The van der Waals surface area contributed by atoms with Gasteiger partial charge in [0.2, 0.25) is 0 Å². The summed E-state index contributed by atoms with van der Waals surface area (Å²) >= 11 is 11.2. The van der Waals surface area contributed by atoms with Crippen LogP contribution in [0.4, 0.5) is 0 Å². The van der Waals surface area contributed by atoms with E-state index in [-0.39, 0.29) is 15.6 Å². The molecule has 12 heavy (non-hydrogen) atoms. The van der Waals surface area contributed by atoms with Gasteiger partial charge in [-0.3, -0.25) is 4.89 Å². The molecule has 0 radical (unpaired) electrons. The maximum absolute atomic E-state index is 10.8. The van der Waals surface area contributed by atoms with Crippen molar-refractivity contribution < 1.29 is 14.9 Å². The molecule has 1 rings (SSSR count). The molecule has 0 amide bonds. The molecule has 0 spiro atoms. The van der Waals surface area contributed by atoms with E-state index in [9.17, 15) is 4.79 Å². The highest BCUT2D eigenvalue weighted by atomic mass is 35.5. The summed E-state index contributed by atoms with van der Waals surface area (Å²) in [6.07, 6.45) is 0. The van der Waals surface area contributed by atoms with Crippen LogP contribution in [0.1, 0.15) is 10.4 Å². The van der Waals surface area contributed by atoms with Crippen LogP contribution in [-0.2, 0) is 4.89 Å². The van der Waals surface area contributed by atoms with E-state index in [4.69, 9.17) is 28.5 Å². The predicted octanol–water partition coefficient (Wildman–Crippen LogP) is 2.62. The van der Waals surface area contributed by atoms with E-state index in [0.717, 1.165) is 0 Å². The molecule has 0 bridgehead atoms. The van der Waals surface area contributed by atoms with Crippen LogP contribution in [0.3, 0.4) is 0 Å². The minimum Gasteiger partial charge on any atom is -0.295 e. The highest BCUT2D eigenvalue weighted by Crippen LogP contribution is 2.24. The van der Waals surface area contributed by atoms with Crippen LogP contribution in [0.25, 0.3) is 0 Å². The van der Waals surface area contributed by atoms with Crippen LogP contribution in [0.15, 0.2) is 18.2 Å². The van der Waals surface area contributed by atoms with Gasteiger partial charge in [-0.15, -0.1) is 0 Å². The van der Waals surface area contributed by atoms with E-state index >= 15 is 0 Å². The molecule has 1 N–H and O–H groups in total. The van der Waals surface area contributed by atoms with Crippen molar-refractivity contribution in [3.05, 3.63) is 33.8 Å². The smallest absolute Gasteiger partial charge is 0.295 e. The van der Waals surface area contributed by atoms with Crippen molar-refractivity contribution in [3.63, 3.8) is 0 Å². The maximum atomic E-state index is 10.8. The SMILES string of the molecule is O=C(OO)c1c(Cl)cccc1Cl. The molecule has 0 saturated heterocycles. The number of hydrogen-bond donors (Lipinski definition) is 1. The number of hydrogen-bond acceptors (Lipinski definition) is 3. The Labute approximate surface area is 78.4 Å². The van der Waals surface area contributed by atoms with Crippen molar-refractivity contribution in [3.8, 4) is 0 Å². The Bertz CT molecular complexity index is 291. The quantitative estimate of drug-likeness (QED) is 0.568. The monoisotopic (exact) mass is 206 g/mol. The Morgan fingerprint density at radius 1 is 1.33 bits per heavy atom. The average Bonchev–Trinajstić information content (AvgIpc) is 2.03. The number of benzene rings is 1. The summed E-state index contributed by atoms with van der Waals surface area (Å²) < 4.78 is 0. The second-order valence-corrected chi connectivity index (χ2v) is 2.79. The molecule has 0 aliphatic heterocycles. The standard InChI is InChI=1S/C7H4Cl2O3/c8-4-2-1-3-5(9)6(4)7(10)12-11/h1-3,11H. The molecule has 1 aromatic rings. The lowest BCUT2D eigenvalue weighted by atomic mass is 10.2. The lowest BCUT2D eigenvalue weighted by Gasteiger charge is -2.01. The van der Waals surface area contributed by atoms with Gasteiger partial charge >= 0.3 is 5.97 Å². The first kappa shape index (κ1) is 9.32. The fourth-order valence-corrected chi connectivity index (χ4v) is 1.29. The molecule has 0 aliphatic carbocycles. The van der Waals surface area contributed by atoms with Gasteiger partial charge in [0, 0.05) is 0 Å². The second-order valence-electron chi connectivity index (χ2n) is 1.98. The minimum atomic E-state index is -0.967. The zero-order chi connectivity index (χ0) is 9.14. The number of halogens is 2. The third-order valence-corrected chi connectivity index (χ3v) is 1.88. The van der Waals surface area contributed by atoms with Gasteiger partial charge < -0.3 is 0 Å². The summed E-state index contributed by atoms with van der Waals surface area (Å²) in [6, 6.07) is 4.53. The first-order chi connectivity index (χ1) is 5.66. The van der Waals surface area contributed by atoms with E-state index in [1.54, 1.807) is 6.07 Å². The summed E-state index contributed by atoms with van der Waals surface area (Å²) in [4.78, 5) is 14.3. The lowest BCUT2D eigenvalue weighted by molar-refractivity contribution is -0.182. The Hall–Kier alpha value is -0.770. The van der Waals surface area contributed by atoms with Crippen LogP contribution in [0.2, 0.25) is 10.0 Å². The average molecular weight is 207 g/mol. The van der Waals surface area contributed by atoms with E-state index in [2.05, 4.69) is 4.89 Å². The van der Waals surface area contributed by atoms with Gasteiger partial charge in [-0.1, -0.05) is 29.3 Å². The first-order valence-electron chi connectivity index (χ1n) is 2.96. The van der Waals surface area contributed by atoms with Crippen LogP contribution in [0, 0.1) is 0 Å². The van der Waals surface area contributed by atoms with Gasteiger partial charge in [0.25, 0.3) is 0 Å². The third kappa shape index (κ3) is 1.69. The van der Waals surface area contributed by atoms with Crippen LogP contribution in [-0.4, -0.2) is 11.2 Å². The zero-order valence-electron chi connectivity index (χ0n) is 5.75. The van der Waals surface area contributed by atoms with Crippen LogP contribution >= 0.6 is 23.2 Å². The summed E-state index contributed by atoms with van der Waals surface area (Å²) in [5.41, 5.74) is -0.0386. The molecule has 64 valence electrons. The summed E-state index contributed by atoms with van der Waals surface area (Å²) in [6.45, 7) is 0. The predicted molar refractivity (Wildman–Crippen MR) is 44.5 cm³/mol. The summed E-state index contributed by atoms with van der Waals surface area (Å²) in [5.74, 6) is -0.967. The molecule has 0 aliphatic rings. The molecule has 5 heteroatoms. The zero-order valence-corrected chi connectivity index (χ0v) is 7.26. The van der Waals surface area contributed by atoms with Crippen molar-refractivity contribution in [2.45, 2.75) is 0 Å². The van der Waals surface area contributed by atoms with E-state index in [0.29, 0.717) is 0 Å². The lowest BCUT2D eigenvalue weighted by Crippen LogP contribution is -2.03. The molecule has 0 aromatic heterocycles. The van der Waals surface area contributed by atoms with E-state index < -0.39 is 5.97 Å². The molecule has 0 unspecified atom stereocenters. The molecule has 3 nitrogen and oxygen atoms in total. The van der Waals surface area contributed by atoms with Gasteiger partial charge in [0.15, 0.2) is 0 Å². The van der Waals surface area contributed by atoms with Gasteiger partial charge in [-0.25, -0.2) is 4.79 Å². The largest absolute Gasteiger partial charge is 0.375 e. The molecular formula is C7H4Cl2O3. The maximum Gasteiger partial charge on any atom is 0.375 e. The first-order valence-corrected chi connectivity index (χ1v) is 3.72. The molecule has 0 saturated carbocycles. The second kappa shape index (κ2) is 3.76. The van der Waals surface area contributed by atoms with E-state index in [1.165, 1.54) is 12.1 Å². The van der Waals surface area contributed by atoms with Gasteiger partial charge in [-0.2, -0.15) is 5.26 Å². The van der Waals surface area contributed by atoms with Crippen LogP contribution < -0.4 is 0 Å². The van der Waals surface area contributed by atoms with Gasteiger partial charge in [0.05, 0.1) is 15.6 Å². The Kier molecular flexibility index (Phi) is 2.92. The topological polar surface area (TPSA) is 46.5 Å². The highest BCUT2D eigenvalue weighted by Gasteiger charge is 2.15. The number of carbonyl (C=O) groups is 1. The summed E-state index contributed by atoms with van der Waals surface area (Å²) in [7, 11) is 0. The Morgan fingerprint density at radius 3 is 2.25 bits per heavy atom. The molecular weight excluding hydrogens is 203 g/mol.